The van der Waals surface area contributed by atoms with Gasteiger partial charge >= 0.3 is 0 Å². The molecule has 0 spiro atoms. The predicted molar refractivity (Wildman–Crippen MR) is 80.8 cm³/mol. The van der Waals surface area contributed by atoms with Gasteiger partial charge < -0.3 is 19.7 Å². The number of ether oxygens (including phenoxy) is 2. The van der Waals surface area contributed by atoms with Crippen molar-refractivity contribution in [1.29, 1.82) is 0 Å². The Hall–Kier alpha value is -2.04. The summed E-state index contributed by atoms with van der Waals surface area (Å²) < 4.78 is 10.4. The Morgan fingerprint density at radius 1 is 0.952 bits per heavy atom. The Bertz CT molecular complexity index is 565. The molecule has 0 bridgehead atoms. The first-order valence-corrected chi connectivity index (χ1v) is 6.77. The molecule has 2 N–H and O–H groups in total. The zero-order valence-corrected chi connectivity index (χ0v) is 12.2. The third-order valence-corrected chi connectivity index (χ3v) is 3.57. The average molecular weight is 288 g/mol. The molecule has 4 nitrogen and oxygen atoms in total. The molecule has 2 unspecified atom stereocenters. The number of benzene rings is 2. The zero-order chi connectivity index (χ0) is 15.2. The first-order valence-electron chi connectivity index (χ1n) is 6.77. The van der Waals surface area contributed by atoms with Gasteiger partial charge in [-0.2, -0.15) is 0 Å². The van der Waals surface area contributed by atoms with Crippen molar-refractivity contribution < 1.29 is 19.7 Å². The normalized spacial score (nSPS) is 13.5. The maximum atomic E-state index is 10.6. The van der Waals surface area contributed by atoms with Gasteiger partial charge in [0, 0.05) is 11.5 Å². The summed E-state index contributed by atoms with van der Waals surface area (Å²) in [6.07, 6.45) is -0.822. The van der Waals surface area contributed by atoms with Gasteiger partial charge in [-0.1, -0.05) is 30.3 Å². The van der Waals surface area contributed by atoms with E-state index in [2.05, 4.69) is 0 Å². The maximum Gasteiger partial charge on any atom is 0.122 e. The average Bonchev–Trinajstić information content (AvgIpc) is 2.56. The highest BCUT2D eigenvalue weighted by Gasteiger charge is 2.24. The number of aliphatic hydroxyl groups excluding tert-OH is 2. The molecule has 0 aliphatic rings. The topological polar surface area (TPSA) is 58.9 Å². The predicted octanol–water partition coefficient (Wildman–Crippen LogP) is 2.51. The van der Waals surface area contributed by atoms with E-state index in [1.807, 2.05) is 24.3 Å². The van der Waals surface area contributed by atoms with Gasteiger partial charge in [-0.15, -0.1) is 0 Å². The minimum Gasteiger partial charge on any atom is -0.497 e. The van der Waals surface area contributed by atoms with Crippen LogP contribution >= 0.6 is 0 Å². The van der Waals surface area contributed by atoms with Crippen LogP contribution in [0.15, 0.2) is 48.5 Å². The van der Waals surface area contributed by atoms with E-state index >= 15 is 0 Å². The zero-order valence-electron chi connectivity index (χ0n) is 12.2. The second kappa shape index (κ2) is 7.11. The monoisotopic (exact) mass is 288 g/mol. The van der Waals surface area contributed by atoms with Gasteiger partial charge in [-0.3, -0.25) is 0 Å². The van der Waals surface area contributed by atoms with E-state index in [0.717, 1.165) is 16.9 Å². The molecular weight excluding hydrogens is 268 g/mol. The summed E-state index contributed by atoms with van der Waals surface area (Å²) in [6, 6.07) is 14.6. The second-order valence-corrected chi connectivity index (χ2v) is 4.75. The van der Waals surface area contributed by atoms with Gasteiger partial charge in [0.1, 0.15) is 11.5 Å². The summed E-state index contributed by atoms with van der Waals surface area (Å²) in [4.78, 5) is 0. The fourth-order valence-corrected chi connectivity index (χ4v) is 2.37. The third kappa shape index (κ3) is 3.35. The second-order valence-electron chi connectivity index (χ2n) is 4.75. The van der Waals surface area contributed by atoms with Gasteiger partial charge in [-0.25, -0.2) is 0 Å². The summed E-state index contributed by atoms with van der Waals surface area (Å²) in [5.41, 5.74) is 1.51. The highest BCUT2D eigenvalue weighted by molar-refractivity contribution is 5.39. The number of hydrogen-bond acceptors (Lipinski definition) is 4. The molecule has 2 aromatic rings. The molecule has 0 radical (unpaired) electrons. The van der Waals surface area contributed by atoms with Crippen molar-refractivity contribution >= 4 is 0 Å². The Labute approximate surface area is 124 Å². The largest absolute Gasteiger partial charge is 0.497 e. The standard InChI is InChI=1S/C17H20O4/c1-20-13-9-7-12(8-10-13)17(19)15(11-18)14-5-3-4-6-16(14)21-2/h3-10,15,17-19H,11H2,1-2H3. The van der Waals surface area contributed by atoms with Crippen molar-refractivity contribution in [2.24, 2.45) is 0 Å². The van der Waals surface area contributed by atoms with Gasteiger partial charge in [0.2, 0.25) is 0 Å². The van der Waals surface area contributed by atoms with Crippen LogP contribution in [0.3, 0.4) is 0 Å². The summed E-state index contributed by atoms with van der Waals surface area (Å²) >= 11 is 0. The quantitative estimate of drug-likeness (QED) is 0.857. The first-order chi connectivity index (χ1) is 10.2. The lowest BCUT2D eigenvalue weighted by Crippen LogP contribution is -2.15. The van der Waals surface area contributed by atoms with Crippen molar-refractivity contribution in [3.05, 3.63) is 59.7 Å². The number of rotatable bonds is 6. The van der Waals surface area contributed by atoms with Crippen molar-refractivity contribution in [3.63, 3.8) is 0 Å². The molecule has 0 aromatic heterocycles. The molecule has 0 saturated heterocycles. The fourth-order valence-electron chi connectivity index (χ4n) is 2.37. The van der Waals surface area contributed by atoms with Crippen LogP contribution in [0.1, 0.15) is 23.1 Å². The molecule has 2 rings (SSSR count). The van der Waals surface area contributed by atoms with E-state index in [9.17, 15) is 10.2 Å². The lowest BCUT2D eigenvalue weighted by atomic mass is 9.89. The molecule has 0 aliphatic carbocycles. The summed E-state index contributed by atoms with van der Waals surface area (Å²) in [7, 11) is 3.17. The van der Waals surface area contributed by atoms with Crippen LogP contribution in [-0.4, -0.2) is 31.0 Å². The summed E-state index contributed by atoms with van der Waals surface area (Å²) in [5.74, 6) is 0.933. The number of hydrogen-bond donors (Lipinski definition) is 2. The molecule has 0 heterocycles. The van der Waals surface area contributed by atoms with E-state index in [0.29, 0.717) is 5.75 Å². The van der Waals surface area contributed by atoms with E-state index in [-0.39, 0.29) is 6.61 Å². The number of methoxy groups -OCH3 is 2. The van der Waals surface area contributed by atoms with Crippen molar-refractivity contribution in [2.75, 3.05) is 20.8 Å². The first kappa shape index (κ1) is 15.4. The third-order valence-electron chi connectivity index (χ3n) is 3.57. The molecule has 21 heavy (non-hydrogen) atoms. The molecule has 2 atom stereocenters. The minimum absolute atomic E-state index is 0.173. The van der Waals surface area contributed by atoms with E-state index in [1.165, 1.54) is 0 Å². The van der Waals surface area contributed by atoms with Gasteiger partial charge in [0.05, 0.1) is 26.9 Å². The molecule has 0 aliphatic heterocycles. The molecule has 0 fully saturated rings. The van der Waals surface area contributed by atoms with Crippen LogP contribution in [0.2, 0.25) is 0 Å². The maximum absolute atomic E-state index is 10.6. The number of aliphatic hydroxyl groups is 2. The lowest BCUT2D eigenvalue weighted by Gasteiger charge is -2.23. The molecule has 4 heteroatoms. The van der Waals surface area contributed by atoms with Gasteiger partial charge in [-0.05, 0) is 23.8 Å². The minimum atomic E-state index is -0.822. The van der Waals surface area contributed by atoms with Crippen molar-refractivity contribution in [2.45, 2.75) is 12.0 Å². The molecule has 112 valence electrons. The molecule has 2 aromatic carbocycles. The smallest absolute Gasteiger partial charge is 0.122 e. The van der Waals surface area contributed by atoms with E-state index in [1.54, 1.807) is 38.5 Å². The van der Waals surface area contributed by atoms with Crippen LogP contribution in [-0.2, 0) is 0 Å². The van der Waals surface area contributed by atoms with Crippen LogP contribution in [0.4, 0.5) is 0 Å². The summed E-state index contributed by atoms with van der Waals surface area (Å²) in [6.45, 7) is -0.173. The van der Waals surface area contributed by atoms with Crippen molar-refractivity contribution in [3.8, 4) is 11.5 Å². The summed E-state index contributed by atoms with van der Waals surface area (Å²) in [5, 5.41) is 20.3. The Morgan fingerprint density at radius 2 is 1.62 bits per heavy atom. The molecular formula is C17H20O4. The van der Waals surface area contributed by atoms with Crippen LogP contribution < -0.4 is 9.47 Å². The van der Waals surface area contributed by atoms with Gasteiger partial charge in [0.25, 0.3) is 0 Å². The SMILES string of the molecule is COc1ccc(C(O)C(CO)c2ccccc2OC)cc1. The molecule has 0 amide bonds. The Kier molecular flexibility index (Phi) is 5.20. The van der Waals surface area contributed by atoms with Crippen molar-refractivity contribution in [1.82, 2.24) is 0 Å². The van der Waals surface area contributed by atoms with Crippen LogP contribution in [0.25, 0.3) is 0 Å². The molecule has 0 saturated carbocycles. The van der Waals surface area contributed by atoms with Gasteiger partial charge in [0.15, 0.2) is 0 Å². The Balaban J connectivity index is 2.31. The van der Waals surface area contributed by atoms with Crippen LogP contribution in [0.5, 0.6) is 11.5 Å². The lowest BCUT2D eigenvalue weighted by molar-refractivity contribution is 0.105. The Morgan fingerprint density at radius 3 is 2.19 bits per heavy atom. The highest BCUT2D eigenvalue weighted by atomic mass is 16.5. The van der Waals surface area contributed by atoms with Crippen LogP contribution in [0, 0.1) is 0 Å². The van der Waals surface area contributed by atoms with E-state index < -0.39 is 12.0 Å². The number of para-hydroxylation sites is 1. The highest BCUT2D eigenvalue weighted by Crippen LogP contribution is 2.36. The fraction of sp³-hybridized carbons (Fsp3) is 0.294. The van der Waals surface area contributed by atoms with E-state index in [4.69, 9.17) is 9.47 Å².